The molecule has 0 radical (unpaired) electrons. The molecule has 0 unspecified atom stereocenters. The van der Waals surface area contributed by atoms with E-state index in [1.54, 1.807) is 0 Å². The summed E-state index contributed by atoms with van der Waals surface area (Å²) in [5.74, 6) is 2.02. The third-order valence-corrected chi connectivity index (χ3v) is 3.61. The lowest BCUT2D eigenvalue weighted by Gasteiger charge is -2.11. The Kier molecular flexibility index (Phi) is 3.32. The van der Waals surface area contributed by atoms with Gasteiger partial charge in [0.15, 0.2) is 0 Å². The van der Waals surface area contributed by atoms with Crippen molar-refractivity contribution in [3.8, 4) is 5.75 Å². The minimum atomic E-state index is 0.759. The molecule has 2 aliphatic rings. The summed E-state index contributed by atoms with van der Waals surface area (Å²) < 4.78 is 5.90. The molecule has 3 rings (SSSR count). The fourth-order valence-corrected chi connectivity index (χ4v) is 2.07. The molecule has 2 fully saturated rings. The molecule has 0 amide bonds. The van der Waals surface area contributed by atoms with Crippen molar-refractivity contribution in [2.24, 2.45) is 5.92 Å². The van der Waals surface area contributed by atoms with Crippen molar-refractivity contribution in [1.29, 1.82) is 0 Å². The Balaban J connectivity index is 1.52. The molecule has 0 aliphatic heterocycles. The van der Waals surface area contributed by atoms with Gasteiger partial charge in [-0.15, -0.1) is 0 Å². The second-order valence-electron chi connectivity index (χ2n) is 5.34. The number of para-hydroxylation sites is 1. The van der Waals surface area contributed by atoms with Crippen LogP contribution in [0.5, 0.6) is 5.75 Å². The normalized spacial score (nSPS) is 19.3. The number of benzene rings is 1. The zero-order valence-electron chi connectivity index (χ0n) is 10.3. The highest BCUT2D eigenvalue weighted by Crippen LogP contribution is 2.32. The Morgan fingerprint density at radius 1 is 1.12 bits per heavy atom. The van der Waals surface area contributed by atoms with E-state index >= 15 is 0 Å². The summed E-state index contributed by atoms with van der Waals surface area (Å²) >= 11 is 0. The molecule has 17 heavy (non-hydrogen) atoms. The predicted octanol–water partition coefficient (Wildman–Crippen LogP) is 3.12. The van der Waals surface area contributed by atoms with Gasteiger partial charge in [-0.1, -0.05) is 31.0 Å². The maximum atomic E-state index is 5.90. The zero-order valence-corrected chi connectivity index (χ0v) is 10.3. The average Bonchev–Trinajstić information content (AvgIpc) is 3.23. The second-order valence-corrected chi connectivity index (χ2v) is 5.34. The lowest BCUT2D eigenvalue weighted by atomic mass is 10.2. The van der Waals surface area contributed by atoms with E-state index in [9.17, 15) is 0 Å². The maximum absolute atomic E-state index is 5.90. The number of hydrogen-bond donors (Lipinski definition) is 1. The van der Waals surface area contributed by atoms with Gasteiger partial charge >= 0.3 is 0 Å². The minimum absolute atomic E-state index is 0.759. The summed E-state index contributed by atoms with van der Waals surface area (Å²) in [5, 5.41) is 3.54. The molecule has 2 heteroatoms. The Morgan fingerprint density at radius 3 is 2.71 bits per heavy atom. The SMILES string of the molecule is c1ccc(OCCC2CC2)c(CNC2CC2)c1. The Labute approximate surface area is 103 Å². The molecule has 2 nitrogen and oxygen atoms in total. The number of rotatable bonds is 7. The lowest BCUT2D eigenvalue weighted by molar-refractivity contribution is 0.299. The van der Waals surface area contributed by atoms with Gasteiger partial charge in [-0.2, -0.15) is 0 Å². The van der Waals surface area contributed by atoms with Crippen molar-refractivity contribution in [2.45, 2.75) is 44.7 Å². The Hall–Kier alpha value is -1.02. The van der Waals surface area contributed by atoms with Crippen molar-refractivity contribution in [3.05, 3.63) is 29.8 Å². The molecule has 1 aromatic rings. The quantitative estimate of drug-likeness (QED) is 0.778. The van der Waals surface area contributed by atoms with E-state index in [0.717, 1.165) is 30.9 Å². The molecule has 0 saturated heterocycles. The van der Waals surface area contributed by atoms with Crippen LogP contribution in [0.25, 0.3) is 0 Å². The summed E-state index contributed by atoms with van der Waals surface area (Å²) in [6.45, 7) is 1.83. The van der Waals surface area contributed by atoms with E-state index in [4.69, 9.17) is 4.74 Å². The number of nitrogens with one attached hydrogen (secondary N) is 1. The first-order valence-electron chi connectivity index (χ1n) is 6.86. The lowest BCUT2D eigenvalue weighted by Crippen LogP contribution is -2.16. The van der Waals surface area contributed by atoms with E-state index in [0.29, 0.717) is 0 Å². The largest absolute Gasteiger partial charge is 0.493 e. The average molecular weight is 231 g/mol. The van der Waals surface area contributed by atoms with Crippen LogP contribution < -0.4 is 10.1 Å². The molecule has 0 aromatic heterocycles. The molecule has 2 saturated carbocycles. The van der Waals surface area contributed by atoms with E-state index in [-0.39, 0.29) is 0 Å². The number of ether oxygens (including phenoxy) is 1. The monoisotopic (exact) mass is 231 g/mol. The first kappa shape index (κ1) is 11.1. The first-order chi connectivity index (χ1) is 8.42. The van der Waals surface area contributed by atoms with E-state index in [2.05, 4.69) is 29.6 Å². The molecule has 0 heterocycles. The summed E-state index contributed by atoms with van der Waals surface area (Å²) in [6, 6.07) is 9.18. The highest BCUT2D eigenvalue weighted by Gasteiger charge is 2.22. The van der Waals surface area contributed by atoms with Crippen molar-refractivity contribution in [3.63, 3.8) is 0 Å². The second kappa shape index (κ2) is 5.09. The molecule has 1 N–H and O–H groups in total. The molecular weight excluding hydrogens is 210 g/mol. The highest BCUT2D eigenvalue weighted by atomic mass is 16.5. The van der Waals surface area contributed by atoms with Crippen LogP contribution in [0.3, 0.4) is 0 Å². The van der Waals surface area contributed by atoms with Gasteiger partial charge in [0, 0.05) is 18.2 Å². The van der Waals surface area contributed by atoms with Gasteiger partial charge in [-0.25, -0.2) is 0 Å². The van der Waals surface area contributed by atoms with Crippen LogP contribution in [0.15, 0.2) is 24.3 Å². The Bertz CT molecular complexity index is 369. The third kappa shape index (κ3) is 3.47. The van der Waals surface area contributed by atoms with Crippen LogP contribution in [0, 0.1) is 5.92 Å². The van der Waals surface area contributed by atoms with E-state index in [1.165, 1.54) is 37.7 Å². The predicted molar refractivity (Wildman–Crippen MR) is 69.1 cm³/mol. The molecule has 1 aromatic carbocycles. The fraction of sp³-hybridized carbons (Fsp3) is 0.600. The van der Waals surface area contributed by atoms with Gasteiger partial charge in [-0.05, 0) is 31.2 Å². The van der Waals surface area contributed by atoms with Gasteiger partial charge in [0.05, 0.1) is 6.61 Å². The zero-order chi connectivity index (χ0) is 11.5. The van der Waals surface area contributed by atoms with E-state index in [1.807, 2.05) is 0 Å². The molecule has 2 aliphatic carbocycles. The van der Waals surface area contributed by atoms with Crippen LogP contribution >= 0.6 is 0 Å². The maximum Gasteiger partial charge on any atom is 0.123 e. The van der Waals surface area contributed by atoms with Crippen LogP contribution in [0.4, 0.5) is 0 Å². The number of hydrogen-bond acceptors (Lipinski definition) is 2. The molecule has 0 spiro atoms. The molecular formula is C15H21NO. The van der Waals surface area contributed by atoms with Gasteiger partial charge in [-0.3, -0.25) is 0 Å². The summed E-state index contributed by atoms with van der Waals surface area (Å²) in [7, 11) is 0. The van der Waals surface area contributed by atoms with Gasteiger partial charge in [0.25, 0.3) is 0 Å². The standard InChI is InChI=1S/C15H21NO/c1-2-4-15(17-10-9-12-5-6-12)13(3-1)11-16-14-7-8-14/h1-4,12,14,16H,5-11H2. The first-order valence-corrected chi connectivity index (χ1v) is 6.86. The topological polar surface area (TPSA) is 21.3 Å². The van der Waals surface area contributed by atoms with Crippen molar-refractivity contribution in [1.82, 2.24) is 5.32 Å². The van der Waals surface area contributed by atoms with Gasteiger partial charge in [0.2, 0.25) is 0 Å². The molecule has 0 atom stereocenters. The van der Waals surface area contributed by atoms with Crippen molar-refractivity contribution in [2.75, 3.05) is 6.61 Å². The van der Waals surface area contributed by atoms with Gasteiger partial charge < -0.3 is 10.1 Å². The van der Waals surface area contributed by atoms with Crippen LogP contribution in [-0.4, -0.2) is 12.6 Å². The minimum Gasteiger partial charge on any atom is -0.493 e. The van der Waals surface area contributed by atoms with Gasteiger partial charge in [0.1, 0.15) is 5.75 Å². The summed E-state index contributed by atoms with van der Waals surface area (Å²) in [4.78, 5) is 0. The summed E-state index contributed by atoms with van der Waals surface area (Å²) in [6.07, 6.45) is 6.72. The molecule has 0 bridgehead atoms. The smallest absolute Gasteiger partial charge is 0.123 e. The fourth-order valence-electron chi connectivity index (χ4n) is 2.07. The molecule has 92 valence electrons. The van der Waals surface area contributed by atoms with Crippen molar-refractivity contribution >= 4 is 0 Å². The van der Waals surface area contributed by atoms with Crippen molar-refractivity contribution < 1.29 is 4.74 Å². The summed E-state index contributed by atoms with van der Waals surface area (Å²) in [5.41, 5.74) is 1.30. The van der Waals surface area contributed by atoms with Crippen LogP contribution in [0.1, 0.15) is 37.7 Å². The third-order valence-electron chi connectivity index (χ3n) is 3.61. The van der Waals surface area contributed by atoms with E-state index < -0.39 is 0 Å². The Morgan fingerprint density at radius 2 is 1.94 bits per heavy atom. The van der Waals surface area contributed by atoms with Crippen LogP contribution in [-0.2, 0) is 6.54 Å². The van der Waals surface area contributed by atoms with Crippen LogP contribution in [0.2, 0.25) is 0 Å². The highest BCUT2D eigenvalue weighted by molar-refractivity contribution is 5.33.